The molecule has 3 rings (SSSR count). The van der Waals surface area contributed by atoms with E-state index < -0.39 is 33.1 Å². The molecule has 1 unspecified atom stereocenters. The van der Waals surface area contributed by atoms with E-state index in [1.54, 1.807) is 0 Å². The molecule has 1 aromatic heterocycles. The van der Waals surface area contributed by atoms with Gasteiger partial charge in [0.25, 0.3) is 10.1 Å². The fraction of sp³-hybridized carbons (Fsp3) is 0.333. The molecule has 0 radical (unpaired) electrons. The van der Waals surface area contributed by atoms with E-state index in [1.807, 2.05) is 0 Å². The Kier molecular flexibility index (Phi) is 3.46. The highest BCUT2D eigenvalue weighted by molar-refractivity contribution is 7.84. The van der Waals surface area contributed by atoms with Crippen LogP contribution in [0.1, 0.15) is 11.4 Å². The Balaban J connectivity index is 1.81. The minimum Gasteiger partial charge on any atom is -0.362 e. The zero-order chi connectivity index (χ0) is 16.0. The number of aromatic nitrogens is 3. The summed E-state index contributed by atoms with van der Waals surface area (Å²) in [6, 6.07) is 3.20. The van der Waals surface area contributed by atoms with E-state index in [0.29, 0.717) is 0 Å². The Hall–Kier alpha value is -1.91. The van der Waals surface area contributed by atoms with Crippen LogP contribution in [0.2, 0.25) is 0 Å². The number of rotatable bonds is 5. The van der Waals surface area contributed by atoms with Crippen LogP contribution in [0, 0.1) is 11.6 Å². The number of nitrogens with zero attached hydrogens (tertiary/aromatic N) is 3. The molecule has 10 heteroatoms. The van der Waals surface area contributed by atoms with Crippen molar-refractivity contribution in [2.24, 2.45) is 0 Å². The van der Waals surface area contributed by atoms with Crippen molar-refractivity contribution in [1.29, 1.82) is 0 Å². The van der Waals surface area contributed by atoms with Crippen LogP contribution < -0.4 is 0 Å². The van der Waals surface area contributed by atoms with E-state index in [-0.39, 0.29) is 24.5 Å². The molecule has 0 saturated carbocycles. The maximum atomic E-state index is 13.8. The highest BCUT2D eigenvalue weighted by atomic mass is 32.2. The first-order chi connectivity index (χ1) is 10.3. The van der Waals surface area contributed by atoms with Crippen LogP contribution in [0.5, 0.6) is 0 Å². The number of hydrogen-bond acceptors (Lipinski definition) is 5. The fourth-order valence-corrected chi connectivity index (χ4v) is 2.64. The molecule has 2 heterocycles. The summed E-state index contributed by atoms with van der Waals surface area (Å²) in [5, 5.41) is 3.88. The van der Waals surface area contributed by atoms with Crippen LogP contribution in [0.3, 0.4) is 0 Å². The van der Waals surface area contributed by atoms with Gasteiger partial charge in [-0.2, -0.15) is 13.5 Å². The van der Waals surface area contributed by atoms with Crippen molar-refractivity contribution in [2.45, 2.75) is 17.9 Å². The van der Waals surface area contributed by atoms with Gasteiger partial charge in [0.15, 0.2) is 5.82 Å². The zero-order valence-corrected chi connectivity index (χ0v) is 11.9. The van der Waals surface area contributed by atoms with E-state index in [2.05, 4.69) is 10.1 Å². The third kappa shape index (κ3) is 3.13. The van der Waals surface area contributed by atoms with Gasteiger partial charge in [-0.3, -0.25) is 4.55 Å². The molecular formula is C12H11F2N3O4S. The standard InChI is InChI=1S/C12H11F2N3O4S/c13-8-1-2-9(10(14)3-8)12(6-21-12)5-17-7-15-11(16-17)4-22(18,19)20/h1-3,7H,4-6H2,(H,18,19,20). The average molecular weight is 331 g/mol. The maximum absolute atomic E-state index is 13.8. The van der Waals surface area contributed by atoms with Crippen molar-refractivity contribution >= 4 is 10.1 Å². The summed E-state index contributed by atoms with van der Waals surface area (Å²) >= 11 is 0. The topological polar surface area (TPSA) is 97.6 Å². The largest absolute Gasteiger partial charge is 0.362 e. The van der Waals surface area contributed by atoms with Crippen molar-refractivity contribution in [3.63, 3.8) is 0 Å². The first-order valence-electron chi connectivity index (χ1n) is 6.20. The number of ether oxygens (including phenoxy) is 1. The van der Waals surface area contributed by atoms with E-state index in [4.69, 9.17) is 9.29 Å². The zero-order valence-electron chi connectivity index (χ0n) is 11.1. The second-order valence-electron chi connectivity index (χ2n) is 4.99. The molecule has 0 aliphatic carbocycles. The molecule has 0 amide bonds. The van der Waals surface area contributed by atoms with Crippen LogP contribution in [0.25, 0.3) is 0 Å². The molecule has 118 valence electrons. The molecule has 1 aliphatic rings. The first kappa shape index (κ1) is 15.0. The third-order valence-electron chi connectivity index (χ3n) is 3.23. The predicted octanol–water partition coefficient (Wildman–Crippen LogP) is 0.870. The normalized spacial score (nSPS) is 21.0. The summed E-state index contributed by atoms with van der Waals surface area (Å²) in [4.78, 5) is 3.75. The van der Waals surface area contributed by atoms with Crippen LogP contribution in [0.4, 0.5) is 8.78 Å². The Morgan fingerprint density at radius 2 is 2.14 bits per heavy atom. The van der Waals surface area contributed by atoms with Crippen LogP contribution in [-0.4, -0.2) is 34.3 Å². The van der Waals surface area contributed by atoms with Crippen LogP contribution >= 0.6 is 0 Å². The lowest BCUT2D eigenvalue weighted by Crippen LogP contribution is -2.20. The molecule has 1 fully saturated rings. The Bertz CT molecular complexity index is 818. The van der Waals surface area contributed by atoms with Gasteiger partial charge in [0.1, 0.15) is 29.3 Å². The Morgan fingerprint density at radius 3 is 2.73 bits per heavy atom. The number of benzene rings is 1. The minimum absolute atomic E-state index is 0.0853. The smallest absolute Gasteiger partial charge is 0.272 e. The molecule has 2 aromatic rings. The van der Waals surface area contributed by atoms with Gasteiger partial charge >= 0.3 is 0 Å². The average Bonchev–Trinajstić information content (AvgIpc) is 3.02. The quantitative estimate of drug-likeness (QED) is 0.645. The van der Waals surface area contributed by atoms with Crippen molar-refractivity contribution in [3.8, 4) is 0 Å². The molecule has 7 nitrogen and oxygen atoms in total. The summed E-state index contributed by atoms with van der Waals surface area (Å²) in [6.45, 7) is 0.317. The highest BCUT2D eigenvalue weighted by Gasteiger charge is 2.49. The minimum atomic E-state index is -4.23. The lowest BCUT2D eigenvalue weighted by Gasteiger charge is -2.13. The molecule has 0 bridgehead atoms. The van der Waals surface area contributed by atoms with Gasteiger partial charge in [0, 0.05) is 11.6 Å². The molecule has 1 saturated heterocycles. The third-order valence-corrected chi connectivity index (χ3v) is 3.85. The van der Waals surface area contributed by atoms with Gasteiger partial charge in [0.05, 0.1) is 13.2 Å². The van der Waals surface area contributed by atoms with Crippen LogP contribution in [-0.2, 0) is 32.8 Å². The van der Waals surface area contributed by atoms with Crippen LogP contribution in [0.15, 0.2) is 24.5 Å². The lowest BCUT2D eigenvalue weighted by atomic mass is 9.99. The summed E-state index contributed by atoms with van der Waals surface area (Å²) in [7, 11) is -4.23. The number of epoxide rings is 1. The summed E-state index contributed by atoms with van der Waals surface area (Å²) in [5.41, 5.74) is -0.776. The van der Waals surface area contributed by atoms with E-state index in [0.717, 1.165) is 12.1 Å². The SMILES string of the molecule is O=S(=O)(O)Cc1ncn(CC2(c3ccc(F)cc3F)CO2)n1. The van der Waals surface area contributed by atoms with Gasteiger partial charge in [-0.05, 0) is 6.07 Å². The van der Waals surface area contributed by atoms with Gasteiger partial charge in [-0.25, -0.2) is 18.4 Å². The summed E-state index contributed by atoms with van der Waals surface area (Å²) < 4.78 is 63.6. The molecule has 22 heavy (non-hydrogen) atoms. The summed E-state index contributed by atoms with van der Waals surface area (Å²) in [6.07, 6.45) is 1.26. The highest BCUT2D eigenvalue weighted by Crippen LogP contribution is 2.41. The Labute approximate surface area is 124 Å². The van der Waals surface area contributed by atoms with Crippen molar-refractivity contribution in [1.82, 2.24) is 14.8 Å². The fourth-order valence-electron chi connectivity index (χ4n) is 2.18. The number of hydrogen-bond donors (Lipinski definition) is 1. The van der Waals surface area contributed by atoms with Gasteiger partial charge in [-0.15, -0.1) is 0 Å². The van der Waals surface area contributed by atoms with Crippen molar-refractivity contribution < 1.29 is 26.5 Å². The monoisotopic (exact) mass is 331 g/mol. The molecule has 1 aromatic carbocycles. The summed E-state index contributed by atoms with van der Waals surface area (Å²) in [5.74, 6) is -2.21. The lowest BCUT2D eigenvalue weighted by molar-refractivity contribution is 0.262. The second kappa shape index (κ2) is 5.07. The predicted molar refractivity (Wildman–Crippen MR) is 69.3 cm³/mol. The molecule has 1 atom stereocenters. The molecular weight excluding hydrogens is 320 g/mol. The molecule has 1 aliphatic heterocycles. The molecule has 1 N–H and O–H groups in total. The van der Waals surface area contributed by atoms with E-state index >= 15 is 0 Å². The first-order valence-corrected chi connectivity index (χ1v) is 7.81. The van der Waals surface area contributed by atoms with Gasteiger partial charge in [-0.1, -0.05) is 6.07 Å². The van der Waals surface area contributed by atoms with Crippen molar-refractivity contribution in [3.05, 3.63) is 47.5 Å². The van der Waals surface area contributed by atoms with E-state index in [1.165, 1.54) is 17.1 Å². The second-order valence-corrected chi connectivity index (χ2v) is 6.44. The maximum Gasteiger partial charge on any atom is 0.272 e. The number of halogens is 2. The van der Waals surface area contributed by atoms with Gasteiger partial charge in [0.2, 0.25) is 0 Å². The van der Waals surface area contributed by atoms with Crippen molar-refractivity contribution in [2.75, 3.05) is 6.61 Å². The van der Waals surface area contributed by atoms with E-state index in [9.17, 15) is 17.2 Å². The molecule has 0 spiro atoms. The Morgan fingerprint density at radius 1 is 1.41 bits per heavy atom. The van der Waals surface area contributed by atoms with Gasteiger partial charge < -0.3 is 4.74 Å².